The molecule has 1 atom stereocenters. The van der Waals surface area contributed by atoms with Crippen LogP contribution in [0.15, 0.2) is 24.5 Å². The van der Waals surface area contributed by atoms with Crippen molar-refractivity contribution < 1.29 is 4.79 Å². The second-order valence-electron chi connectivity index (χ2n) is 5.38. The number of rotatable bonds is 5. The van der Waals surface area contributed by atoms with Crippen molar-refractivity contribution in [3.63, 3.8) is 0 Å². The fourth-order valence-corrected chi connectivity index (χ4v) is 2.50. The molecule has 2 heterocycles. The Kier molecular flexibility index (Phi) is 5.33. The summed E-state index contributed by atoms with van der Waals surface area (Å²) in [5.74, 6) is 0.936. The van der Waals surface area contributed by atoms with Gasteiger partial charge in [0, 0.05) is 45.0 Å². The third-order valence-corrected chi connectivity index (χ3v) is 3.58. The van der Waals surface area contributed by atoms with Gasteiger partial charge in [-0.3, -0.25) is 9.78 Å². The minimum Gasteiger partial charge on any atom is -0.342 e. The lowest BCUT2D eigenvalue weighted by Crippen LogP contribution is -2.40. The third-order valence-electron chi connectivity index (χ3n) is 3.58. The van der Waals surface area contributed by atoms with E-state index in [-0.39, 0.29) is 5.91 Å². The second kappa shape index (κ2) is 7.24. The standard InChI is InChI=1S/C15H23N3O/c1-13-4-3-9-18(12-13)15(19)6-8-17-11-14-5-2-7-16-10-14/h2,5,7,10,13,17H,3-4,6,8-9,11-12H2,1H3. The predicted octanol–water partition coefficient (Wildman–Crippen LogP) is 1.82. The molecule has 0 bridgehead atoms. The summed E-state index contributed by atoms with van der Waals surface area (Å²) >= 11 is 0. The number of carbonyl (C=O) groups is 1. The van der Waals surface area contributed by atoms with Crippen LogP contribution in [0.5, 0.6) is 0 Å². The molecule has 1 aliphatic heterocycles. The number of carbonyl (C=O) groups excluding carboxylic acids is 1. The highest BCUT2D eigenvalue weighted by Crippen LogP contribution is 2.15. The maximum atomic E-state index is 12.0. The number of amides is 1. The van der Waals surface area contributed by atoms with E-state index < -0.39 is 0 Å². The van der Waals surface area contributed by atoms with Gasteiger partial charge in [-0.05, 0) is 30.4 Å². The van der Waals surface area contributed by atoms with E-state index in [9.17, 15) is 4.79 Å². The molecule has 1 N–H and O–H groups in total. The van der Waals surface area contributed by atoms with Gasteiger partial charge < -0.3 is 10.2 Å². The van der Waals surface area contributed by atoms with Crippen LogP contribution in [0.25, 0.3) is 0 Å². The Morgan fingerprint density at radius 3 is 3.21 bits per heavy atom. The van der Waals surface area contributed by atoms with Crippen LogP contribution in [0, 0.1) is 5.92 Å². The van der Waals surface area contributed by atoms with Crippen molar-refractivity contribution in [1.82, 2.24) is 15.2 Å². The van der Waals surface area contributed by atoms with Gasteiger partial charge in [0.25, 0.3) is 0 Å². The molecule has 1 saturated heterocycles. The van der Waals surface area contributed by atoms with Crippen molar-refractivity contribution in [2.75, 3.05) is 19.6 Å². The number of piperidine rings is 1. The Hall–Kier alpha value is -1.42. The zero-order valence-electron chi connectivity index (χ0n) is 11.6. The topological polar surface area (TPSA) is 45.2 Å². The van der Waals surface area contributed by atoms with Crippen molar-refractivity contribution in [1.29, 1.82) is 0 Å². The monoisotopic (exact) mass is 261 g/mol. The minimum absolute atomic E-state index is 0.283. The van der Waals surface area contributed by atoms with E-state index in [0.29, 0.717) is 12.3 Å². The molecule has 0 radical (unpaired) electrons. The van der Waals surface area contributed by atoms with E-state index in [4.69, 9.17) is 0 Å². The van der Waals surface area contributed by atoms with Crippen LogP contribution < -0.4 is 5.32 Å². The largest absolute Gasteiger partial charge is 0.342 e. The molecular formula is C15H23N3O. The highest BCUT2D eigenvalue weighted by atomic mass is 16.2. The van der Waals surface area contributed by atoms with Crippen LogP contribution in [0.2, 0.25) is 0 Å². The normalized spacial score (nSPS) is 19.4. The van der Waals surface area contributed by atoms with Gasteiger partial charge in [0.15, 0.2) is 0 Å². The lowest BCUT2D eigenvalue weighted by Gasteiger charge is -2.31. The van der Waals surface area contributed by atoms with E-state index in [1.165, 1.54) is 6.42 Å². The van der Waals surface area contributed by atoms with Gasteiger partial charge in [-0.1, -0.05) is 13.0 Å². The first kappa shape index (κ1) is 14.0. The fourth-order valence-electron chi connectivity index (χ4n) is 2.50. The smallest absolute Gasteiger partial charge is 0.223 e. The quantitative estimate of drug-likeness (QED) is 0.822. The lowest BCUT2D eigenvalue weighted by atomic mass is 10.00. The summed E-state index contributed by atoms with van der Waals surface area (Å²) in [4.78, 5) is 18.1. The predicted molar refractivity (Wildman–Crippen MR) is 75.5 cm³/mol. The van der Waals surface area contributed by atoms with Crippen molar-refractivity contribution in [2.24, 2.45) is 5.92 Å². The lowest BCUT2D eigenvalue weighted by molar-refractivity contribution is -0.132. The fraction of sp³-hybridized carbons (Fsp3) is 0.600. The van der Waals surface area contributed by atoms with Crippen LogP contribution in [-0.2, 0) is 11.3 Å². The molecule has 4 nitrogen and oxygen atoms in total. The zero-order valence-corrected chi connectivity index (χ0v) is 11.6. The molecule has 1 aromatic rings. The van der Waals surface area contributed by atoms with Gasteiger partial charge >= 0.3 is 0 Å². The molecule has 1 aliphatic rings. The maximum absolute atomic E-state index is 12.0. The van der Waals surface area contributed by atoms with Crippen LogP contribution in [0.3, 0.4) is 0 Å². The zero-order chi connectivity index (χ0) is 13.5. The van der Waals surface area contributed by atoms with Crippen molar-refractivity contribution >= 4 is 5.91 Å². The van der Waals surface area contributed by atoms with Gasteiger partial charge in [0.05, 0.1) is 0 Å². The summed E-state index contributed by atoms with van der Waals surface area (Å²) in [5.41, 5.74) is 1.15. The number of hydrogen-bond donors (Lipinski definition) is 1. The number of pyridine rings is 1. The average molecular weight is 261 g/mol. The van der Waals surface area contributed by atoms with Gasteiger partial charge in [-0.2, -0.15) is 0 Å². The van der Waals surface area contributed by atoms with Crippen LogP contribution >= 0.6 is 0 Å². The average Bonchev–Trinajstić information content (AvgIpc) is 2.44. The van der Waals surface area contributed by atoms with Crippen molar-refractivity contribution in [3.05, 3.63) is 30.1 Å². The molecule has 1 aromatic heterocycles. The van der Waals surface area contributed by atoms with Crippen LogP contribution in [0.1, 0.15) is 31.7 Å². The van der Waals surface area contributed by atoms with Gasteiger partial charge in [0.2, 0.25) is 5.91 Å². The van der Waals surface area contributed by atoms with Crippen molar-refractivity contribution in [3.8, 4) is 0 Å². The first-order valence-electron chi connectivity index (χ1n) is 7.13. The Labute approximate surface area is 115 Å². The summed E-state index contributed by atoms with van der Waals surface area (Å²) in [6.45, 7) is 5.60. The molecule has 1 unspecified atom stereocenters. The van der Waals surface area contributed by atoms with E-state index in [2.05, 4.69) is 17.2 Å². The van der Waals surface area contributed by atoms with E-state index in [1.54, 1.807) is 6.20 Å². The minimum atomic E-state index is 0.283. The SMILES string of the molecule is CC1CCCN(C(=O)CCNCc2cccnc2)C1. The first-order valence-corrected chi connectivity index (χ1v) is 7.13. The Morgan fingerprint density at radius 2 is 2.47 bits per heavy atom. The van der Waals surface area contributed by atoms with Gasteiger partial charge in [0.1, 0.15) is 0 Å². The number of likely N-dealkylation sites (tertiary alicyclic amines) is 1. The van der Waals surface area contributed by atoms with E-state index >= 15 is 0 Å². The van der Waals surface area contributed by atoms with E-state index in [0.717, 1.165) is 38.2 Å². The number of hydrogen-bond acceptors (Lipinski definition) is 3. The first-order chi connectivity index (χ1) is 9.25. The molecule has 1 fully saturated rings. The molecule has 0 spiro atoms. The summed E-state index contributed by atoms with van der Waals surface area (Å²) < 4.78 is 0. The molecule has 104 valence electrons. The maximum Gasteiger partial charge on any atom is 0.223 e. The highest BCUT2D eigenvalue weighted by molar-refractivity contribution is 5.76. The number of aromatic nitrogens is 1. The molecule has 19 heavy (non-hydrogen) atoms. The van der Waals surface area contributed by atoms with Gasteiger partial charge in [-0.25, -0.2) is 0 Å². The second-order valence-corrected chi connectivity index (χ2v) is 5.38. The Bertz CT molecular complexity index is 394. The highest BCUT2D eigenvalue weighted by Gasteiger charge is 2.20. The summed E-state index contributed by atoms with van der Waals surface area (Å²) in [5, 5.41) is 3.30. The summed E-state index contributed by atoms with van der Waals surface area (Å²) in [6.07, 6.45) is 6.61. The molecule has 0 saturated carbocycles. The molecule has 0 aromatic carbocycles. The molecule has 0 aliphatic carbocycles. The molecule has 4 heteroatoms. The van der Waals surface area contributed by atoms with E-state index in [1.807, 2.05) is 23.2 Å². The molecular weight excluding hydrogens is 238 g/mol. The van der Waals surface area contributed by atoms with Crippen LogP contribution in [0.4, 0.5) is 0 Å². The van der Waals surface area contributed by atoms with Gasteiger partial charge in [-0.15, -0.1) is 0 Å². The summed E-state index contributed by atoms with van der Waals surface area (Å²) in [6, 6.07) is 3.96. The van der Waals surface area contributed by atoms with Crippen LogP contribution in [-0.4, -0.2) is 35.4 Å². The molecule has 1 amide bonds. The Balaban J connectivity index is 1.64. The summed E-state index contributed by atoms with van der Waals surface area (Å²) in [7, 11) is 0. The van der Waals surface area contributed by atoms with Crippen molar-refractivity contribution in [2.45, 2.75) is 32.7 Å². The molecule has 2 rings (SSSR count). The number of nitrogens with zero attached hydrogens (tertiary/aromatic N) is 2. The number of nitrogens with one attached hydrogen (secondary N) is 1. The third kappa shape index (κ3) is 4.63. The Morgan fingerprint density at radius 1 is 1.58 bits per heavy atom.